The van der Waals surface area contributed by atoms with Crippen LogP contribution in [0.2, 0.25) is 0 Å². The molecule has 5 rings (SSSR count). The summed E-state index contributed by atoms with van der Waals surface area (Å²) in [5.41, 5.74) is 4.98. The predicted octanol–water partition coefficient (Wildman–Crippen LogP) is 6.50. The third-order valence-corrected chi connectivity index (χ3v) is 5.43. The van der Waals surface area contributed by atoms with Crippen LogP contribution >= 0.6 is 0 Å². The highest BCUT2D eigenvalue weighted by molar-refractivity contribution is 6.13. The largest absolute Gasteiger partial charge is 0.454 e. The van der Waals surface area contributed by atoms with Gasteiger partial charge in [0.15, 0.2) is 6.20 Å². The first-order valence-corrected chi connectivity index (χ1v) is 9.46. The molecule has 0 bridgehead atoms. The Morgan fingerprint density at radius 3 is 2.48 bits per heavy atom. The van der Waals surface area contributed by atoms with Crippen LogP contribution in [0.1, 0.15) is 15.2 Å². The van der Waals surface area contributed by atoms with Gasteiger partial charge in [-0.05, 0) is 43.1 Å². The lowest BCUT2D eigenvalue weighted by molar-refractivity contribution is -0.660. The fraction of sp³-hybridized carbons (Fsp3) is 0.115. The van der Waals surface area contributed by atoms with Crippen molar-refractivity contribution in [1.29, 1.82) is 0 Å². The van der Waals surface area contributed by atoms with E-state index in [0.29, 0.717) is 16.7 Å². The molecule has 0 aliphatic rings. The van der Waals surface area contributed by atoms with Crippen molar-refractivity contribution in [1.82, 2.24) is 0 Å². The highest BCUT2D eigenvalue weighted by Crippen LogP contribution is 2.41. The summed E-state index contributed by atoms with van der Waals surface area (Å²) >= 11 is 0. The van der Waals surface area contributed by atoms with Crippen LogP contribution in [0.15, 0.2) is 77.3 Å². The lowest BCUT2D eigenvalue weighted by Gasteiger charge is -2.05. The zero-order valence-corrected chi connectivity index (χ0v) is 16.2. The molecule has 2 nitrogen and oxygen atoms in total. The maximum Gasteiger partial charge on any atom is 0.216 e. The summed E-state index contributed by atoms with van der Waals surface area (Å²) in [6, 6.07) is 19.5. The maximum absolute atomic E-state index is 15.1. The Labute approximate surface area is 173 Å². The van der Waals surface area contributed by atoms with Crippen molar-refractivity contribution in [2.75, 3.05) is 0 Å². The Kier molecular flexibility index (Phi) is 3.28. The fourth-order valence-corrected chi connectivity index (χ4v) is 4.02. The first-order chi connectivity index (χ1) is 15.3. The number of hydrogen-bond acceptors (Lipinski definition) is 1. The lowest BCUT2D eigenvalue weighted by atomic mass is 9.98. The molecule has 0 saturated carbocycles. The molecule has 142 valence electrons. The van der Waals surface area contributed by atoms with E-state index in [0.717, 1.165) is 27.6 Å². The van der Waals surface area contributed by atoms with Gasteiger partial charge in [0.05, 0.1) is 11.1 Å². The van der Waals surface area contributed by atoms with Gasteiger partial charge in [-0.25, -0.2) is 8.96 Å². The van der Waals surface area contributed by atoms with Crippen LogP contribution < -0.4 is 4.57 Å². The number of hydrogen-bond donors (Lipinski definition) is 0. The molecule has 0 N–H and O–H groups in total. The summed E-state index contributed by atoms with van der Waals surface area (Å²) < 4.78 is 46.7. The second-order valence-corrected chi connectivity index (χ2v) is 7.31. The van der Waals surface area contributed by atoms with Gasteiger partial charge in [-0.2, -0.15) is 0 Å². The number of furan rings is 1. The van der Waals surface area contributed by atoms with E-state index in [4.69, 9.17) is 8.53 Å². The number of aryl methyl sites for hydroxylation is 3. The second kappa shape index (κ2) is 6.56. The van der Waals surface area contributed by atoms with Gasteiger partial charge < -0.3 is 4.42 Å². The first kappa shape index (κ1) is 14.5. The van der Waals surface area contributed by atoms with Gasteiger partial charge in [-0.15, -0.1) is 0 Å². The number of halogens is 1. The highest BCUT2D eigenvalue weighted by Gasteiger charge is 2.22. The van der Waals surface area contributed by atoms with E-state index in [1.807, 2.05) is 55.1 Å². The summed E-state index contributed by atoms with van der Waals surface area (Å²) in [5.74, 6) is -0.456. The minimum atomic E-state index is -2.28. The molecule has 0 spiro atoms. The molecular formula is C26H21FNO+. The van der Waals surface area contributed by atoms with Crippen LogP contribution in [0.5, 0.6) is 0 Å². The third kappa shape index (κ3) is 2.73. The highest BCUT2D eigenvalue weighted by atomic mass is 19.1. The van der Waals surface area contributed by atoms with Crippen molar-refractivity contribution in [2.45, 2.75) is 13.8 Å². The average molecular weight is 385 g/mol. The van der Waals surface area contributed by atoms with Gasteiger partial charge in [-0.3, -0.25) is 0 Å². The topological polar surface area (TPSA) is 17.0 Å². The van der Waals surface area contributed by atoms with E-state index < -0.39 is 12.7 Å². The van der Waals surface area contributed by atoms with E-state index in [1.165, 1.54) is 18.2 Å². The summed E-state index contributed by atoms with van der Waals surface area (Å²) in [5, 5.41) is 1.67. The quantitative estimate of drug-likeness (QED) is 0.317. The smallest absolute Gasteiger partial charge is 0.216 e. The monoisotopic (exact) mass is 385 g/mol. The van der Waals surface area contributed by atoms with Gasteiger partial charge >= 0.3 is 0 Å². The van der Waals surface area contributed by atoms with Crippen molar-refractivity contribution >= 4 is 21.9 Å². The molecule has 0 aliphatic carbocycles. The van der Waals surface area contributed by atoms with Crippen LogP contribution in [-0.2, 0) is 7.05 Å². The van der Waals surface area contributed by atoms with Crippen LogP contribution in [0, 0.1) is 19.6 Å². The van der Waals surface area contributed by atoms with E-state index in [-0.39, 0.29) is 11.1 Å². The van der Waals surface area contributed by atoms with Crippen molar-refractivity contribution in [3.05, 3.63) is 89.9 Å². The zero-order chi connectivity index (χ0) is 22.6. The van der Waals surface area contributed by atoms with Crippen LogP contribution in [0.4, 0.5) is 4.39 Å². The summed E-state index contributed by atoms with van der Waals surface area (Å²) in [7, 11) is 1.97. The molecular weight excluding hydrogens is 361 g/mol. The van der Waals surface area contributed by atoms with E-state index in [9.17, 15) is 0 Å². The zero-order valence-electron chi connectivity index (χ0n) is 19.2. The van der Waals surface area contributed by atoms with E-state index in [1.54, 1.807) is 18.2 Å². The number of rotatable bonds is 2. The average Bonchev–Trinajstić information content (AvgIpc) is 3.12. The number of benzene rings is 3. The number of fused-ring (bicyclic) bond motifs is 3. The van der Waals surface area contributed by atoms with Gasteiger partial charge in [-0.1, -0.05) is 42.0 Å². The fourth-order valence-electron chi connectivity index (χ4n) is 4.02. The Morgan fingerprint density at radius 2 is 1.69 bits per heavy atom. The molecule has 3 heteroatoms. The second-order valence-electron chi connectivity index (χ2n) is 7.31. The van der Waals surface area contributed by atoms with Crippen LogP contribution in [0.3, 0.4) is 0 Å². The number of aromatic nitrogens is 1. The van der Waals surface area contributed by atoms with E-state index >= 15 is 4.39 Å². The van der Waals surface area contributed by atoms with Crippen molar-refractivity contribution < 1.29 is 17.5 Å². The standard InChI is InChI=1S/C26H21FNO/c1-16-7-6-8-18(15-16)24-21(27)13-12-20-19-11-10-17(2)23(25(19)29-26(20)24)22-9-4-5-14-28(22)3/h4-15H,1-3H3/q+1/i1D3. The first-order valence-electron chi connectivity index (χ1n) is 11.0. The van der Waals surface area contributed by atoms with Gasteiger partial charge in [0.25, 0.3) is 0 Å². The molecule has 0 aliphatic heterocycles. The lowest BCUT2D eigenvalue weighted by Crippen LogP contribution is -2.30. The SMILES string of the molecule is [2H]C([2H])([2H])c1cccc(-c2c(F)ccc3c2oc2c(-c4cccc[n+]4C)c(C)ccc23)c1. The summed E-state index contributed by atoms with van der Waals surface area (Å²) in [6.07, 6.45) is 1.97. The van der Waals surface area contributed by atoms with Gasteiger partial charge in [0.1, 0.15) is 24.0 Å². The molecule has 5 aromatic rings. The molecule has 0 amide bonds. The molecule has 0 fully saturated rings. The predicted molar refractivity (Wildman–Crippen MR) is 115 cm³/mol. The molecule has 0 atom stereocenters. The molecule has 29 heavy (non-hydrogen) atoms. The number of pyridine rings is 1. The van der Waals surface area contributed by atoms with Crippen molar-refractivity contribution in [3.63, 3.8) is 0 Å². The molecule has 0 saturated heterocycles. The normalized spacial score (nSPS) is 13.4. The Balaban J connectivity index is 1.86. The summed E-state index contributed by atoms with van der Waals surface area (Å²) in [4.78, 5) is 0. The maximum atomic E-state index is 15.1. The minimum Gasteiger partial charge on any atom is -0.454 e. The number of nitrogens with zero attached hydrogens (tertiary/aromatic N) is 1. The molecule has 2 aromatic heterocycles. The van der Waals surface area contributed by atoms with Crippen LogP contribution in [0.25, 0.3) is 44.3 Å². The summed E-state index contributed by atoms with van der Waals surface area (Å²) in [6.45, 7) is -0.253. The minimum absolute atomic E-state index is 0.162. The van der Waals surface area contributed by atoms with Gasteiger partial charge in [0.2, 0.25) is 5.69 Å². The van der Waals surface area contributed by atoms with E-state index in [2.05, 4.69) is 0 Å². The molecule has 0 radical (unpaired) electrons. The Bertz CT molecular complexity index is 1500. The Morgan fingerprint density at radius 1 is 0.897 bits per heavy atom. The molecule has 2 heterocycles. The van der Waals surface area contributed by atoms with Gasteiger partial charge in [0, 0.05) is 27.0 Å². The third-order valence-electron chi connectivity index (χ3n) is 5.43. The Hall–Kier alpha value is -3.46. The molecule has 3 aromatic carbocycles. The van der Waals surface area contributed by atoms with Crippen molar-refractivity contribution in [3.8, 4) is 22.4 Å². The van der Waals surface area contributed by atoms with Crippen molar-refractivity contribution in [2.24, 2.45) is 7.05 Å². The van der Waals surface area contributed by atoms with Crippen LogP contribution in [-0.4, -0.2) is 0 Å². The molecule has 0 unspecified atom stereocenters.